The van der Waals surface area contributed by atoms with Crippen molar-refractivity contribution in [3.05, 3.63) is 41.6 Å². The molecule has 0 spiro atoms. The molecule has 0 aliphatic heterocycles. The molecule has 26 heavy (non-hydrogen) atoms. The quantitative estimate of drug-likeness (QED) is 0.743. The molecule has 1 aromatic carbocycles. The van der Waals surface area contributed by atoms with Crippen LogP contribution in [-0.4, -0.2) is 22.6 Å². The van der Waals surface area contributed by atoms with Gasteiger partial charge in [0.05, 0.1) is 17.7 Å². The number of benzene rings is 1. The van der Waals surface area contributed by atoms with Gasteiger partial charge in [-0.25, -0.2) is 4.98 Å². The zero-order chi connectivity index (χ0) is 19.3. The van der Waals surface area contributed by atoms with Gasteiger partial charge in [0.2, 0.25) is 11.8 Å². The maximum Gasteiger partial charge on any atom is 0.423 e. The highest BCUT2D eigenvalue weighted by Gasteiger charge is 2.37. The second-order valence-corrected chi connectivity index (χ2v) is 5.63. The second-order valence-electron chi connectivity index (χ2n) is 5.63. The van der Waals surface area contributed by atoms with E-state index in [-0.39, 0.29) is 5.95 Å². The Morgan fingerprint density at radius 1 is 1.23 bits per heavy atom. The van der Waals surface area contributed by atoms with Gasteiger partial charge in [-0.3, -0.25) is 0 Å². The van der Waals surface area contributed by atoms with Crippen molar-refractivity contribution in [2.75, 3.05) is 11.4 Å². The molecule has 0 amide bonds. The van der Waals surface area contributed by atoms with E-state index in [9.17, 15) is 13.2 Å². The molecular formula is C18H19F3N4O. The van der Waals surface area contributed by atoms with E-state index in [1.807, 2.05) is 19.9 Å². The van der Waals surface area contributed by atoms with E-state index < -0.39 is 23.7 Å². The largest absolute Gasteiger partial charge is 0.474 e. The molecule has 1 unspecified atom stereocenters. The number of anilines is 2. The Kier molecular flexibility index (Phi) is 6.03. The number of hydrogen-bond acceptors (Lipinski definition) is 5. The van der Waals surface area contributed by atoms with Crippen LogP contribution >= 0.6 is 0 Å². The number of halogens is 3. The Hall–Kier alpha value is -2.82. The third kappa shape index (κ3) is 4.42. The lowest BCUT2D eigenvalue weighted by Crippen LogP contribution is -2.22. The van der Waals surface area contributed by atoms with Gasteiger partial charge in [0.25, 0.3) is 0 Å². The van der Waals surface area contributed by atoms with E-state index >= 15 is 0 Å². The smallest absolute Gasteiger partial charge is 0.423 e. The van der Waals surface area contributed by atoms with Crippen LogP contribution in [0.3, 0.4) is 0 Å². The van der Waals surface area contributed by atoms with E-state index in [0.717, 1.165) is 6.20 Å². The van der Waals surface area contributed by atoms with Crippen LogP contribution in [-0.2, 0) is 6.18 Å². The summed E-state index contributed by atoms with van der Waals surface area (Å²) in [5.74, 6) is -0.382. The van der Waals surface area contributed by atoms with Gasteiger partial charge in [0.15, 0.2) is 0 Å². The molecule has 138 valence electrons. The van der Waals surface area contributed by atoms with Crippen LogP contribution in [0.1, 0.15) is 38.3 Å². The van der Waals surface area contributed by atoms with Crippen LogP contribution < -0.4 is 9.64 Å². The Morgan fingerprint density at radius 3 is 2.38 bits per heavy atom. The van der Waals surface area contributed by atoms with Crippen LogP contribution in [0.15, 0.2) is 30.5 Å². The van der Waals surface area contributed by atoms with Gasteiger partial charge in [-0.1, -0.05) is 6.92 Å². The van der Waals surface area contributed by atoms with Crippen LogP contribution in [0.2, 0.25) is 0 Å². The standard InChI is InChI=1S/C18H19F3N4O/c1-4-12(3)26-16-15(18(19,20)21)11-23-17(24-16)25(5-2)14-8-6-13(10-22)7-9-14/h6-9,11-12H,4-5H2,1-3H3. The van der Waals surface area contributed by atoms with Gasteiger partial charge < -0.3 is 9.64 Å². The molecule has 0 saturated heterocycles. The summed E-state index contributed by atoms with van der Waals surface area (Å²) in [4.78, 5) is 9.55. The average molecular weight is 364 g/mol. The van der Waals surface area contributed by atoms with Gasteiger partial charge in [-0.05, 0) is 44.5 Å². The molecule has 1 atom stereocenters. The molecule has 5 nitrogen and oxygen atoms in total. The van der Waals surface area contributed by atoms with Crippen molar-refractivity contribution >= 4 is 11.6 Å². The molecule has 0 bridgehead atoms. The molecule has 0 N–H and O–H groups in total. The molecule has 1 aromatic heterocycles. The lowest BCUT2D eigenvalue weighted by atomic mass is 10.2. The Balaban J connectivity index is 2.46. The van der Waals surface area contributed by atoms with E-state index in [1.54, 1.807) is 36.1 Å². The average Bonchev–Trinajstić information content (AvgIpc) is 2.62. The molecule has 1 heterocycles. The highest BCUT2D eigenvalue weighted by Crippen LogP contribution is 2.36. The minimum Gasteiger partial charge on any atom is -0.474 e. The molecule has 2 rings (SSSR count). The first-order chi connectivity index (χ1) is 12.3. The summed E-state index contributed by atoms with van der Waals surface area (Å²) in [5, 5.41) is 8.88. The number of nitrogens with zero attached hydrogens (tertiary/aromatic N) is 4. The fourth-order valence-electron chi connectivity index (χ4n) is 2.20. The van der Waals surface area contributed by atoms with E-state index in [2.05, 4.69) is 9.97 Å². The minimum absolute atomic E-state index is 0.100. The fourth-order valence-corrected chi connectivity index (χ4v) is 2.20. The summed E-state index contributed by atoms with van der Waals surface area (Å²) in [6.45, 7) is 5.75. The number of rotatable bonds is 6. The normalized spacial score (nSPS) is 12.3. The summed E-state index contributed by atoms with van der Waals surface area (Å²) in [7, 11) is 0. The van der Waals surface area contributed by atoms with Gasteiger partial charge in [-0.2, -0.15) is 23.4 Å². The predicted octanol–water partition coefficient (Wildman–Crippen LogP) is 4.70. The third-order valence-electron chi connectivity index (χ3n) is 3.80. The van der Waals surface area contributed by atoms with Crippen molar-refractivity contribution in [2.24, 2.45) is 0 Å². The monoisotopic (exact) mass is 364 g/mol. The summed E-state index contributed by atoms with van der Waals surface area (Å²) < 4.78 is 45.0. The zero-order valence-electron chi connectivity index (χ0n) is 14.7. The van der Waals surface area contributed by atoms with Gasteiger partial charge in [-0.15, -0.1) is 0 Å². The maximum absolute atomic E-state index is 13.2. The minimum atomic E-state index is -4.60. The Labute approximate surface area is 150 Å². The lowest BCUT2D eigenvalue weighted by molar-refractivity contribution is -0.139. The van der Waals surface area contributed by atoms with Crippen molar-refractivity contribution in [3.63, 3.8) is 0 Å². The number of hydrogen-bond donors (Lipinski definition) is 0. The van der Waals surface area contributed by atoms with Crippen LogP contribution in [0.25, 0.3) is 0 Å². The molecular weight excluding hydrogens is 345 g/mol. The molecule has 0 aliphatic carbocycles. The highest BCUT2D eigenvalue weighted by molar-refractivity contribution is 5.59. The van der Waals surface area contributed by atoms with Gasteiger partial charge in [0.1, 0.15) is 5.56 Å². The van der Waals surface area contributed by atoms with E-state index in [4.69, 9.17) is 10.00 Å². The number of nitriles is 1. The van der Waals surface area contributed by atoms with Crippen LogP contribution in [0.5, 0.6) is 5.88 Å². The first kappa shape index (κ1) is 19.5. The molecule has 0 aliphatic rings. The van der Waals surface area contributed by atoms with E-state index in [1.165, 1.54) is 0 Å². The SMILES string of the molecule is CCC(C)Oc1nc(N(CC)c2ccc(C#N)cc2)ncc1C(F)(F)F. The molecule has 0 radical (unpaired) electrons. The summed E-state index contributed by atoms with van der Waals surface area (Å²) in [6.07, 6.45) is -3.73. The van der Waals surface area contributed by atoms with Crippen molar-refractivity contribution in [1.82, 2.24) is 9.97 Å². The molecule has 2 aromatic rings. The number of alkyl halides is 3. The van der Waals surface area contributed by atoms with Crippen LogP contribution in [0.4, 0.5) is 24.8 Å². The third-order valence-corrected chi connectivity index (χ3v) is 3.80. The van der Waals surface area contributed by atoms with Crippen molar-refractivity contribution < 1.29 is 17.9 Å². The van der Waals surface area contributed by atoms with Crippen molar-refractivity contribution in [2.45, 2.75) is 39.5 Å². The maximum atomic E-state index is 13.2. The second kappa shape index (κ2) is 8.04. The fraction of sp³-hybridized carbons (Fsp3) is 0.389. The Morgan fingerprint density at radius 2 is 1.88 bits per heavy atom. The highest BCUT2D eigenvalue weighted by atomic mass is 19.4. The first-order valence-corrected chi connectivity index (χ1v) is 8.18. The van der Waals surface area contributed by atoms with Crippen LogP contribution in [0, 0.1) is 11.3 Å². The lowest BCUT2D eigenvalue weighted by Gasteiger charge is -2.23. The topological polar surface area (TPSA) is 62.0 Å². The van der Waals surface area contributed by atoms with Gasteiger partial charge >= 0.3 is 6.18 Å². The summed E-state index contributed by atoms with van der Waals surface area (Å²) in [6, 6.07) is 8.65. The molecule has 8 heteroatoms. The first-order valence-electron chi connectivity index (χ1n) is 8.18. The van der Waals surface area contributed by atoms with Crippen molar-refractivity contribution in [1.29, 1.82) is 5.26 Å². The number of ether oxygens (including phenoxy) is 1. The van der Waals surface area contributed by atoms with E-state index in [0.29, 0.717) is 24.2 Å². The number of aromatic nitrogens is 2. The predicted molar refractivity (Wildman–Crippen MR) is 91.3 cm³/mol. The summed E-state index contributed by atoms with van der Waals surface area (Å²) in [5.41, 5.74) is 0.150. The Bertz CT molecular complexity index is 785. The van der Waals surface area contributed by atoms with Gasteiger partial charge in [0, 0.05) is 18.4 Å². The molecule has 0 fully saturated rings. The summed E-state index contributed by atoms with van der Waals surface area (Å²) >= 11 is 0. The zero-order valence-corrected chi connectivity index (χ0v) is 14.7. The van der Waals surface area contributed by atoms with Crippen molar-refractivity contribution in [3.8, 4) is 11.9 Å². The molecule has 0 saturated carbocycles.